The number of allylic oxidation sites excluding steroid dienone is 1. The molecule has 2 heterocycles. The number of benzene rings is 1. The van der Waals surface area contributed by atoms with Gasteiger partial charge in [0.05, 0.1) is 30.1 Å². The zero-order valence-corrected chi connectivity index (χ0v) is 16.2. The first-order valence-corrected chi connectivity index (χ1v) is 10.3. The summed E-state index contributed by atoms with van der Waals surface area (Å²) in [6.07, 6.45) is 4.43. The summed E-state index contributed by atoms with van der Waals surface area (Å²) in [6, 6.07) is 4.89. The third-order valence-corrected chi connectivity index (χ3v) is 5.61. The molecule has 0 radical (unpaired) electrons. The second kappa shape index (κ2) is 6.32. The van der Waals surface area contributed by atoms with Crippen LogP contribution in [-0.4, -0.2) is 46.6 Å². The van der Waals surface area contributed by atoms with Crippen LogP contribution in [-0.2, 0) is 19.4 Å². The Morgan fingerprint density at radius 2 is 1.88 bits per heavy atom. The number of hydrogen-bond donors (Lipinski definition) is 0. The molecule has 0 spiro atoms. The topological polar surface area (TPSA) is 82.0 Å². The zero-order valence-electron chi connectivity index (χ0n) is 15.4. The van der Waals surface area contributed by atoms with Crippen LogP contribution in [0, 0.1) is 10.8 Å². The van der Waals surface area contributed by atoms with Crippen molar-refractivity contribution in [3.05, 3.63) is 29.8 Å². The predicted octanol–water partition coefficient (Wildman–Crippen LogP) is 2.53. The van der Waals surface area contributed by atoms with E-state index in [0.717, 1.165) is 6.26 Å². The summed E-state index contributed by atoms with van der Waals surface area (Å²) < 4.78 is 35.3. The molecular weight excluding hydrogens is 354 g/mol. The molecule has 6 nitrogen and oxygen atoms in total. The van der Waals surface area contributed by atoms with Crippen LogP contribution in [0.15, 0.2) is 34.2 Å². The van der Waals surface area contributed by atoms with Gasteiger partial charge >= 0.3 is 0 Å². The van der Waals surface area contributed by atoms with Crippen LogP contribution in [0.1, 0.15) is 26.3 Å². The summed E-state index contributed by atoms with van der Waals surface area (Å²) in [4.78, 5) is 16.0. The summed E-state index contributed by atoms with van der Waals surface area (Å²) in [5, 5.41) is 0. The molecule has 0 N–H and O–H groups in total. The molecule has 1 aromatic rings. The van der Waals surface area contributed by atoms with Crippen molar-refractivity contribution in [1.29, 1.82) is 0 Å². The standard InChI is InChI=1S/C19H23NO5S/c1-18(2)8-14(9-20-17(18)21)13-5-15(7-16(6-13)26(4,22)23)25-12-19(3)10-24-11-19/h5-9H,10-12H2,1-4H3. The molecule has 2 aliphatic rings. The van der Waals surface area contributed by atoms with E-state index in [1.54, 1.807) is 32.1 Å². The fourth-order valence-corrected chi connectivity index (χ4v) is 3.44. The Bertz CT molecular complexity index is 908. The van der Waals surface area contributed by atoms with E-state index in [0.29, 0.717) is 36.7 Å². The smallest absolute Gasteiger partial charge is 0.255 e. The molecule has 1 fully saturated rings. The molecule has 1 amide bonds. The van der Waals surface area contributed by atoms with Crippen LogP contribution < -0.4 is 4.74 Å². The molecule has 2 aliphatic heterocycles. The van der Waals surface area contributed by atoms with Crippen molar-refractivity contribution in [3.63, 3.8) is 0 Å². The van der Waals surface area contributed by atoms with Gasteiger partial charge in [0.25, 0.3) is 5.91 Å². The molecule has 3 rings (SSSR count). The first-order valence-electron chi connectivity index (χ1n) is 8.36. The van der Waals surface area contributed by atoms with Gasteiger partial charge in [-0.2, -0.15) is 0 Å². The lowest BCUT2D eigenvalue weighted by Crippen LogP contribution is -2.44. The van der Waals surface area contributed by atoms with Crippen molar-refractivity contribution in [2.75, 3.05) is 26.1 Å². The first kappa shape index (κ1) is 18.8. The highest BCUT2D eigenvalue weighted by molar-refractivity contribution is 7.90. The highest BCUT2D eigenvalue weighted by atomic mass is 32.2. The zero-order chi connectivity index (χ0) is 19.2. The second-order valence-electron chi connectivity index (χ2n) is 7.94. The van der Waals surface area contributed by atoms with Crippen LogP contribution >= 0.6 is 0 Å². The van der Waals surface area contributed by atoms with Gasteiger partial charge in [0.15, 0.2) is 9.84 Å². The summed E-state index contributed by atoms with van der Waals surface area (Å²) in [6.45, 7) is 7.31. The number of nitrogens with zero attached hydrogens (tertiary/aromatic N) is 1. The second-order valence-corrected chi connectivity index (χ2v) is 9.96. The maximum Gasteiger partial charge on any atom is 0.255 e. The number of sulfone groups is 1. The highest BCUT2D eigenvalue weighted by Gasteiger charge is 2.34. The number of carbonyl (C=O) groups is 1. The van der Waals surface area contributed by atoms with Crippen molar-refractivity contribution in [2.45, 2.75) is 25.7 Å². The van der Waals surface area contributed by atoms with E-state index in [-0.39, 0.29) is 16.2 Å². The molecular formula is C19H23NO5S. The highest BCUT2D eigenvalue weighted by Crippen LogP contribution is 2.33. The Labute approximate surface area is 153 Å². The number of ether oxygens (including phenoxy) is 2. The maximum absolute atomic E-state index is 12.1. The van der Waals surface area contributed by atoms with Crippen molar-refractivity contribution in [1.82, 2.24) is 0 Å². The van der Waals surface area contributed by atoms with Crippen LogP contribution in [0.4, 0.5) is 0 Å². The average molecular weight is 377 g/mol. The van der Waals surface area contributed by atoms with Crippen LogP contribution in [0.5, 0.6) is 5.75 Å². The lowest BCUT2D eigenvalue weighted by molar-refractivity contribution is -0.123. The van der Waals surface area contributed by atoms with Gasteiger partial charge in [-0.05, 0) is 43.2 Å². The van der Waals surface area contributed by atoms with Crippen LogP contribution in [0.3, 0.4) is 0 Å². The first-order chi connectivity index (χ1) is 12.0. The van der Waals surface area contributed by atoms with Gasteiger partial charge in [0.2, 0.25) is 0 Å². The van der Waals surface area contributed by atoms with E-state index in [2.05, 4.69) is 11.9 Å². The molecule has 0 unspecified atom stereocenters. The van der Waals surface area contributed by atoms with Crippen molar-refractivity contribution < 1.29 is 22.7 Å². The third kappa shape index (κ3) is 3.88. The van der Waals surface area contributed by atoms with Gasteiger partial charge in [-0.25, -0.2) is 13.4 Å². The quantitative estimate of drug-likeness (QED) is 0.787. The maximum atomic E-state index is 12.1. The van der Waals surface area contributed by atoms with Crippen molar-refractivity contribution in [2.24, 2.45) is 15.8 Å². The van der Waals surface area contributed by atoms with Crippen molar-refractivity contribution >= 4 is 27.5 Å². The normalized spacial score (nSPS) is 21.1. The minimum Gasteiger partial charge on any atom is -0.493 e. The third-order valence-electron chi connectivity index (χ3n) is 4.52. The van der Waals surface area contributed by atoms with Gasteiger partial charge in [-0.15, -0.1) is 0 Å². The van der Waals surface area contributed by atoms with E-state index in [4.69, 9.17) is 9.47 Å². The Kier molecular flexibility index (Phi) is 4.56. The molecule has 1 aromatic carbocycles. The molecule has 7 heteroatoms. The summed E-state index contributed by atoms with van der Waals surface area (Å²) >= 11 is 0. The number of amides is 1. The van der Waals surface area contributed by atoms with Gasteiger partial charge in [0, 0.05) is 17.9 Å². The molecule has 0 atom stereocenters. The fraction of sp³-hybridized carbons (Fsp3) is 0.474. The van der Waals surface area contributed by atoms with Gasteiger partial charge in [0.1, 0.15) is 5.75 Å². The van der Waals surface area contributed by atoms with E-state index in [9.17, 15) is 13.2 Å². The Morgan fingerprint density at radius 1 is 1.19 bits per heavy atom. The predicted molar refractivity (Wildman–Crippen MR) is 99.2 cm³/mol. The number of dihydropyridines is 1. The van der Waals surface area contributed by atoms with Crippen LogP contribution in [0.25, 0.3) is 5.57 Å². The Morgan fingerprint density at radius 3 is 2.42 bits per heavy atom. The minimum atomic E-state index is -3.41. The number of aliphatic imine (C=N–C) groups is 1. The fourth-order valence-electron chi connectivity index (χ4n) is 2.77. The Hall–Kier alpha value is -1.99. The van der Waals surface area contributed by atoms with E-state index in [1.807, 2.05) is 0 Å². The number of rotatable bonds is 5. The van der Waals surface area contributed by atoms with Crippen LogP contribution in [0.2, 0.25) is 0 Å². The molecule has 140 valence electrons. The van der Waals surface area contributed by atoms with E-state index >= 15 is 0 Å². The largest absolute Gasteiger partial charge is 0.493 e. The summed E-state index contributed by atoms with van der Waals surface area (Å²) in [7, 11) is -3.41. The monoisotopic (exact) mass is 377 g/mol. The molecule has 0 bridgehead atoms. The number of carbonyl (C=O) groups excluding carboxylic acids is 1. The SMILES string of the molecule is CC1(COc2cc(C3=CC(C)(C)C(=O)N=C3)cc(S(C)(=O)=O)c2)COC1. The molecule has 0 aliphatic carbocycles. The molecule has 26 heavy (non-hydrogen) atoms. The summed E-state index contributed by atoms with van der Waals surface area (Å²) in [5.41, 5.74) is 0.565. The van der Waals surface area contributed by atoms with Crippen molar-refractivity contribution in [3.8, 4) is 5.75 Å². The lowest BCUT2D eigenvalue weighted by Gasteiger charge is -2.37. The average Bonchev–Trinajstić information content (AvgIpc) is 2.52. The van der Waals surface area contributed by atoms with Gasteiger partial charge < -0.3 is 9.47 Å². The molecule has 0 saturated carbocycles. The van der Waals surface area contributed by atoms with E-state index < -0.39 is 15.3 Å². The minimum absolute atomic E-state index is 0.0543. The number of hydrogen-bond acceptors (Lipinski definition) is 5. The van der Waals surface area contributed by atoms with E-state index in [1.165, 1.54) is 12.3 Å². The molecule has 0 aromatic heterocycles. The van der Waals surface area contributed by atoms with Gasteiger partial charge in [-0.3, -0.25) is 4.79 Å². The van der Waals surface area contributed by atoms with Gasteiger partial charge in [-0.1, -0.05) is 13.0 Å². The lowest BCUT2D eigenvalue weighted by atomic mass is 9.86. The summed E-state index contributed by atoms with van der Waals surface area (Å²) in [5.74, 6) is 0.245. The molecule has 1 saturated heterocycles. The Balaban J connectivity index is 1.98.